The van der Waals surface area contributed by atoms with Crippen molar-refractivity contribution in [2.45, 2.75) is 12.3 Å². The van der Waals surface area contributed by atoms with E-state index in [9.17, 15) is 4.79 Å². The first-order chi connectivity index (χ1) is 9.24. The van der Waals surface area contributed by atoms with Gasteiger partial charge >= 0.3 is 5.97 Å². The minimum absolute atomic E-state index is 0.356. The summed E-state index contributed by atoms with van der Waals surface area (Å²) in [6, 6.07) is 15.6. The monoisotopic (exact) mass is 253 g/mol. The number of nitrogens with one attached hydrogen (secondary N) is 1. The highest BCUT2D eigenvalue weighted by molar-refractivity contribution is 5.88. The summed E-state index contributed by atoms with van der Waals surface area (Å²) in [6.45, 7) is 0.892. The molecule has 2 N–H and O–H groups in total. The second-order valence-electron chi connectivity index (χ2n) is 4.87. The van der Waals surface area contributed by atoms with E-state index >= 15 is 0 Å². The first-order valence-corrected chi connectivity index (χ1v) is 6.39. The molecule has 0 radical (unpaired) electrons. The number of carboxylic acid groups (broad SMARTS) is 1. The number of aromatic carboxylic acids is 1. The van der Waals surface area contributed by atoms with Gasteiger partial charge in [-0.1, -0.05) is 30.3 Å². The maximum atomic E-state index is 11.0. The highest BCUT2D eigenvalue weighted by Crippen LogP contribution is 2.31. The van der Waals surface area contributed by atoms with Crippen LogP contribution in [-0.4, -0.2) is 17.6 Å². The van der Waals surface area contributed by atoms with Gasteiger partial charge < -0.3 is 10.4 Å². The van der Waals surface area contributed by atoms with E-state index in [0.717, 1.165) is 24.2 Å². The number of carboxylic acids is 1. The molecule has 0 saturated heterocycles. The molecule has 3 heteroatoms. The van der Waals surface area contributed by atoms with Crippen LogP contribution in [-0.2, 0) is 6.42 Å². The summed E-state index contributed by atoms with van der Waals surface area (Å²) in [5.41, 5.74) is 3.79. The van der Waals surface area contributed by atoms with E-state index in [1.165, 1.54) is 5.56 Å². The molecule has 1 aliphatic rings. The SMILES string of the molecule is O=C(O)c1ccc2c(c1)CC(c1ccccc1)CN2. The lowest BCUT2D eigenvalue weighted by atomic mass is 9.87. The second kappa shape index (κ2) is 4.76. The number of hydrogen-bond acceptors (Lipinski definition) is 2. The summed E-state index contributed by atoms with van der Waals surface area (Å²) in [5.74, 6) is -0.470. The third-order valence-electron chi connectivity index (χ3n) is 3.63. The molecule has 3 rings (SSSR count). The Balaban J connectivity index is 1.90. The number of fused-ring (bicyclic) bond motifs is 1. The summed E-state index contributed by atoms with van der Waals surface area (Å²) in [4.78, 5) is 11.0. The van der Waals surface area contributed by atoms with Gasteiger partial charge in [0.05, 0.1) is 5.56 Å². The maximum absolute atomic E-state index is 11.0. The van der Waals surface area contributed by atoms with Gasteiger partial charge in [0.1, 0.15) is 0 Å². The van der Waals surface area contributed by atoms with Gasteiger partial charge in [0.2, 0.25) is 0 Å². The average molecular weight is 253 g/mol. The van der Waals surface area contributed by atoms with Gasteiger partial charge in [-0.15, -0.1) is 0 Å². The van der Waals surface area contributed by atoms with E-state index in [0.29, 0.717) is 11.5 Å². The zero-order valence-electron chi connectivity index (χ0n) is 10.5. The molecule has 0 bridgehead atoms. The van der Waals surface area contributed by atoms with Crippen molar-refractivity contribution in [1.82, 2.24) is 0 Å². The zero-order valence-corrected chi connectivity index (χ0v) is 10.5. The molecule has 1 unspecified atom stereocenters. The Morgan fingerprint density at radius 1 is 1.16 bits per heavy atom. The van der Waals surface area contributed by atoms with E-state index in [2.05, 4.69) is 17.4 Å². The lowest BCUT2D eigenvalue weighted by Crippen LogP contribution is -2.21. The molecule has 1 heterocycles. The second-order valence-corrected chi connectivity index (χ2v) is 4.87. The molecule has 1 aliphatic heterocycles. The predicted molar refractivity (Wildman–Crippen MR) is 74.8 cm³/mol. The minimum atomic E-state index is -0.871. The van der Waals surface area contributed by atoms with Crippen molar-refractivity contribution in [3.63, 3.8) is 0 Å². The molecule has 0 saturated carbocycles. The van der Waals surface area contributed by atoms with E-state index in [1.54, 1.807) is 12.1 Å². The van der Waals surface area contributed by atoms with Gasteiger partial charge in [0, 0.05) is 18.2 Å². The minimum Gasteiger partial charge on any atom is -0.478 e. The average Bonchev–Trinajstić information content (AvgIpc) is 2.47. The van der Waals surface area contributed by atoms with Crippen LogP contribution in [0.1, 0.15) is 27.4 Å². The quantitative estimate of drug-likeness (QED) is 0.864. The molecule has 1 atom stereocenters. The van der Waals surface area contributed by atoms with Crippen LogP contribution in [0, 0.1) is 0 Å². The number of hydrogen-bond donors (Lipinski definition) is 2. The van der Waals surface area contributed by atoms with Gasteiger partial charge in [-0.3, -0.25) is 0 Å². The lowest BCUT2D eigenvalue weighted by Gasteiger charge is -2.26. The van der Waals surface area contributed by atoms with Crippen LogP contribution in [0.3, 0.4) is 0 Å². The van der Waals surface area contributed by atoms with Crippen molar-refractivity contribution in [3.8, 4) is 0 Å². The van der Waals surface area contributed by atoms with Crippen LogP contribution < -0.4 is 5.32 Å². The Morgan fingerprint density at radius 3 is 2.68 bits per heavy atom. The van der Waals surface area contributed by atoms with Crippen molar-refractivity contribution >= 4 is 11.7 Å². The van der Waals surface area contributed by atoms with Crippen LogP contribution in [0.25, 0.3) is 0 Å². The molecule has 0 aliphatic carbocycles. The van der Waals surface area contributed by atoms with E-state index in [-0.39, 0.29) is 0 Å². The van der Waals surface area contributed by atoms with Gasteiger partial charge in [0.25, 0.3) is 0 Å². The molecule has 2 aromatic carbocycles. The third kappa shape index (κ3) is 2.32. The van der Waals surface area contributed by atoms with E-state index < -0.39 is 5.97 Å². The highest BCUT2D eigenvalue weighted by atomic mass is 16.4. The smallest absolute Gasteiger partial charge is 0.335 e. The first-order valence-electron chi connectivity index (χ1n) is 6.39. The summed E-state index contributed by atoms with van der Waals surface area (Å²) < 4.78 is 0. The molecular formula is C16H15NO2. The van der Waals surface area contributed by atoms with Gasteiger partial charge in [-0.2, -0.15) is 0 Å². The molecule has 2 aromatic rings. The van der Waals surface area contributed by atoms with Crippen LogP contribution in [0.2, 0.25) is 0 Å². The zero-order chi connectivity index (χ0) is 13.2. The van der Waals surface area contributed by atoms with E-state index in [4.69, 9.17) is 5.11 Å². The van der Waals surface area contributed by atoms with Crippen LogP contribution in [0.5, 0.6) is 0 Å². The Hall–Kier alpha value is -2.29. The molecule has 3 nitrogen and oxygen atoms in total. The number of carbonyl (C=O) groups is 1. The molecule has 0 fully saturated rings. The van der Waals surface area contributed by atoms with Gasteiger partial charge in [-0.25, -0.2) is 4.79 Å². The maximum Gasteiger partial charge on any atom is 0.335 e. The number of rotatable bonds is 2. The van der Waals surface area contributed by atoms with Crippen molar-refractivity contribution in [2.75, 3.05) is 11.9 Å². The predicted octanol–water partition coefficient (Wildman–Crippen LogP) is 3.14. The van der Waals surface area contributed by atoms with Crippen LogP contribution in [0.4, 0.5) is 5.69 Å². The standard InChI is InChI=1S/C16H15NO2/c18-16(19)12-6-7-15-13(8-12)9-14(10-17-15)11-4-2-1-3-5-11/h1-8,14,17H,9-10H2,(H,18,19). The summed E-state index contributed by atoms with van der Waals surface area (Å²) >= 11 is 0. The van der Waals surface area contributed by atoms with Crippen LogP contribution >= 0.6 is 0 Å². The Morgan fingerprint density at radius 2 is 1.95 bits per heavy atom. The number of benzene rings is 2. The number of anilines is 1. The van der Waals surface area contributed by atoms with E-state index in [1.807, 2.05) is 24.3 Å². The van der Waals surface area contributed by atoms with Crippen molar-refractivity contribution in [2.24, 2.45) is 0 Å². The fourth-order valence-electron chi connectivity index (χ4n) is 2.60. The normalized spacial score (nSPS) is 17.4. The van der Waals surface area contributed by atoms with Crippen LogP contribution in [0.15, 0.2) is 48.5 Å². The molecule has 0 aromatic heterocycles. The fraction of sp³-hybridized carbons (Fsp3) is 0.188. The fourth-order valence-corrected chi connectivity index (χ4v) is 2.60. The Kier molecular flexibility index (Phi) is 2.95. The van der Waals surface area contributed by atoms with Gasteiger partial charge in [-0.05, 0) is 35.7 Å². The highest BCUT2D eigenvalue weighted by Gasteiger charge is 2.20. The summed E-state index contributed by atoms with van der Waals surface area (Å²) in [7, 11) is 0. The van der Waals surface area contributed by atoms with Crippen molar-refractivity contribution in [1.29, 1.82) is 0 Å². The Labute approximate surface area is 111 Å². The first kappa shape index (κ1) is 11.8. The Bertz CT molecular complexity index is 607. The largest absolute Gasteiger partial charge is 0.478 e. The molecule has 0 spiro atoms. The summed E-state index contributed by atoms with van der Waals surface area (Å²) in [6.07, 6.45) is 0.882. The molecule has 19 heavy (non-hydrogen) atoms. The van der Waals surface area contributed by atoms with Gasteiger partial charge in [0.15, 0.2) is 0 Å². The summed E-state index contributed by atoms with van der Waals surface area (Å²) in [5, 5.41) is 12.4. The molecule has 96 valence electrons. The molecular weight excluding hydrogens is 238 g/mol. The lowest BCUT2D eigenvalue weighted by molar-refractivity contribution is 0.0697. The third-order valence-corrected chi connectivity index (χ3v) is 3.63. The topological polar surface area (TPSA) is 49.3 Å². The van der Waals surface area contributed by atoms with Crippen molar-refractivity contribution in [3.05, 3.63) is 65.2 Å². The van der Waals surface area contributed by atoms with Crippen molar-refractivity contribution < 1.29 is 9.90 Å². The molecule has 0 amide bonds.